The van der Waals surface area contributed by atoms with Crippen molar-refractivity contribution in [3.05, 3.63) is 75.8 Å². The number of aromatic nitrogens is 3. The molecule has 0 unspecified atom stereocenters. The molecule has 0 aliphatic carbocycles. The van der Waals surface area contributed by atoms with Gasteiger partial charge in [-0.2, -0.15) is 9.64 Å². The number of fused-ring (bicyclic) bond motifs is 1. The van der Waals surface area contributed by atoms with Gasteiger partial charge in [0, 0.05) is 22.9 Å². The Hall–Kier alpha value is -4.21. The Morgan fingerprint density at radius 2 is 1.87 bits per heavy atom. The number of amides is 2. The summed E-state index contributed by atoms with van der Waals surface area (Å²) in [5.41, 5.74) is 0.481. The molecule has 13 heteroatoms. The van der Waals surface area contributed by atoms with E-state index in [9.17, 15) is 23.2 Å². The molecule has 4 rings (SSSR count). The third-order valence-electron chi connectivity index (χ3n) is 5.83. The summed E-state index contributed by atoms with van der Waals surface area (Å²) >= 11 is 7.38. The maximum absolute atomic E-state index is 14.2. The predicted molar refractivity (Wildman–Crippen MR) is 142 cm³/mol. The van der Waals surface area contributed by atoms with Crippen LogP contribution >= 0.6 is 23.1 Å². The number of nitrogens with one attached hydrogen (secondary N) is 2. The van der Waals surface area contributed by atoms with E-state index in [0.29, 0.717) is 10.3 Å². The third kappa shape index (κ3) is 5.94. The van der Waals surface area contributed by atoms with Crippen molar-refractivity contribution in [2.75, 3.05) is 11.9 Å². The summed E-state index contributed by atoms with van der Waals surface area (Å²) < 4.78 is 34.1. The van der Waals surface area contributed by atoms with Crippen LogP contribution in [0.2, 0.25) is 5.02 Å². The zero-order valence-electron chi connectivity index (χ0n) is 20.7. The number of anilines is 1. The predicted octanol–water partition coefficient (Wildman–Crippen LogP) is 5.06. The van der Waals surface area contributed by atoms with Crippen molar-refractivity contribution < 1.29 is 23.2 Å². The van der Waals surface area contributed by atoms with Crippen molar-refractivity contribution in [1.29, 1.82) is 5.26 Å². The molecule has 2 aromatic carbocycles. The summed E-state index contributed by atoms with van der Waals surface area (Å²) in [6, 6.07) is 9.64. The molecule has 2 N–H and O–H groups in total. The Bertz CT molecular complexity index is 1640. The number of halogens is 3. The molecule has 0 aliphatic heterocycles. The number of hydrogen-bond acceptors (Lipinski definition) is 7. The minimum atomic E-state index is -0.749. The molecule has 2 heterocycles. The third-order valence-corrected chi connectivity index (χ3v) is 7.00. The lowest BCUT2D eigenvalue weighted by atomic mass is 9.96. The van der Waals surface area contributed by atoms with E-state index in [1.807, 2.05) is 6.07 Å². The number of rotatable bonds is 9. The molecule has 0 radical (unpaired) electrons. The van der Waals surface area contributed by atoms with Crippen LogP contribution in [0.25, 0.3) is 10.1 Å². The van der Waals surface area contributed by atoms with Gasteiger partial charge >= 0.3 is 0 Å². The van der Waals surface area contributed by atoms with Gasteiger partial charge in [0.15, 0.2) is 5.82 Å². The average Bonchev–Trinajstić information content (AvgIpc) is 3.46. The standard InChI is InChI=1S/C26H21ClF2N6O3S/c1-13(36)12-35-22(14(2)17-10-15(28)4-6-19(17)27)23(32-24(35)26(38)31-9-3-8-30)33-25(37)21-18-11-16(29)5-7-20(18)39-34-21/h4-7,10-11,14H,3,9,12H2,1-2H3,(H,31,38)(H,33,37)/t14-/m1/s1. The van der Waals surface area contributed by atoms with Gasteiger partial charge in [-0.3, -0.25) is 14.4 Å². The molecule has 4 aromatic rings. The lowest BCUT2D eigenvalue weighted by Gasteiger charge is -2.19. The first kappa shape index (κ1) is 27.8. The number of nitrogens with zero attached hydrogens (tertiary/aromatic N) is 4. The van der Waals surface area contributed by atoms with E-state index in [4.69, 9.17) is 16.9 Å². The molecule has 39 heavy (non-hydrogen) atoms. The molecule has 0 saturated carbocycles. The van der Waals surface area contributed by atoms with E-state index >= 15 is 0 Å². The second-order valence-corrected chi connectivity index (χ2v) is 9.85. The van der Waals surface area contributed by atoms with Gasteiger partial charge in [0.25, 0.3) is 11.8 Å². The molecule has 0 bridgehead atoms. The summed E-state index contributed by atoms with van der Waals surface area (Å²) in [6.07, 6.45) is 0.0400. The minimum absolute atomic E-state index is 0.0287. The lowest BCUT2D eigenvalue weighted by molar-refractivity contribution is -0.117. The fourth-order valence-electron chi connectivity index (χ4n) is 4.10. The van der Waals surface area contributed by atoms with Crippen LogP contribution in [0.5, 0.6) is 0 Å². The van der Waals surface area contributed by atoms with Crippen molar-refractivity contribution >= 4 is 56.6 Å². The monoisotopic (exact) mass is 570 g/mol. The van der Waals surface area contributed by atoms with Crippen LogP contribution in [0.3, 0.4) is 0 Å². The van der Waals surface area contributed by atoms with Crippen LogP contribution in [-0.2, 0) is 11.3 Å². The first-order valence-electron chi connectivity index (χ1n) is 11.7. The van der Waals surface area contributed by atoms with Crippen LogP contribution in [0.4, 0.5) is 14.6 Å². The maximum atomic E-state index is 14.2. The van der Waals surface area contributed by atoms with E-state index in [1.165, 1.54) is 47.9 Å². The van der Waals surface area contributed by atoms with Gasteiger partial charge in [-0.15, -0.1) is 0 Å². The normalized spacial score (nSPS) is 11.7. The van der Waals surface area contributed by atoms with Crippen LogP contribution in [0, 0.1) is 23.0 Å². The van der Waals surface area contributed by atoms with Gasteiger partial charge in [-0.25, -0.2) is 13.8 Å². The second kappa shape index (κ2) is 11.7. The molecule has 2 aromatic heterocycles. The molecule has 0 saturated heterocycles. The molecule has 0 aliphatic rings. The van der Waals surface area contributed by atoms with Crippen molar-refractivity contribution in [3.8, 4) is 6.07 Å². The SMILES string of the molecule is CC(=O)Cn1c(C(=O)NCCC#N)nc(NC(=O)c2nsc3ccc(F)cc23)c1[C@H](C)c1cc(F)ccc1Cl. The smallest absolute Gasteiger partial charge is 0.287 e. The Morgan fingerprint density at radius 3 is 2.59 bits per heavy atom. The lowest BCUT2D eigenvalue weighted by Crippen LogP contribution is -2.29. The Kier molecular flexibility index (Phi) is 8.32. The number of ketones is 1. The highest BCUT2D eigenvalue weighted by Crippen LogP contribution is 2.36. The number of Topliss-reactive ketones (excluding diaryl/α,β-unsaturated/α-hetero) is 1. The number of benzene rings is 2. The maximum Gasteiger partial charge on any atom is 0.287 e. The number of hydrogen-bond donors (Lipinski definition) is 2. The van der Waals surface area contributed by atoms with Crippen LogP contribution in [-0.4, -0.2) is 38.1 Å². The zero-order valence-corrected chi connectivity index (χ0v) is 22.3. The summed E-state index contributed by atoms with van der Waals surface area (Å²) in [7, 11) is 0. The Labute approximate surface area is 230 Å². The number of carbonyl (C=O) groups is 3. The van der Waals surface area contributed by atoms with Gasteiger partial charge in [-0.1, -0.05) is 18.5 Å². The first-order chi connectivity index (χ1) is 18.6. The molecule has 0 fully saturated rings. The number of carbonyl (C=O) groups excluding carboxylic acids is 3. The van der Waals surface area contributed by atoms with E-state index in [2.05, 4.69) is 20.0 Å². The topological polar surface area (TPSA) is 130 Å². The second-order valence-electron chi connectivity index (χ2n) is 8.63. The molecule has 200 valence electrons. The van der Waals surface area contributed by atoms with E-state index in [-0.39, 0.29) is 58.7 Å². The Balaban J connectivity index is 1.86. The summed E-state index contributed by atoms with van der Waals surface area (Å²) in [5, 5.41) is 14.5. The molecular formula is C26H21ClF2N6O3S. The van der Waals surface area contributed by atoms with Gasteiger partial charge < -0.3 is 15.2 Å². The van der Waals surface area contributed by atoms with Crippen molar-refractivity contribution in [2.24, 2.45) is 0 Å². The van der Waals surface area contributed by atoms with Crippen LogP contribution in [0.15, 0.2) is 36.4 Å². The highest BCUT2D eigenvalue weighted by molar-refractivity contribution is 7.13. The van der Waals surface area contributed by atoms with Gasteiger partial charge in [-0.05, 0) is 60.4 Å². The highest BCUT2D eigenvalue weighted by atomic mass is 35.5. The van der Waals surface area contributed by atoms with Gasteiger partial charge in [0.1, 0.15) is 23.1 Å². The van der Waals surface area contributed by atoms with Gasteiger partial charge in [0.2, 0.25) is 5.82 Å². The van der Waals surface area contributed by atoms with Crippen molar-refractivity contribution in [1.82, 2.24) is 19.2 Å². The molecule has 2 amide bonds. The van der Waals surface area contributed by atoms with Gasteiger partial charge in [0.05, 0.1) is 29.4 Å². The summed E-state index contributed by atoms with van der Waals surface area (Å²) in [6.45, 7) is 2.71. The quantitative estimate of drug-likeness (QED) is 0.271. The van der Waals surface area contributed by atoms with E-state index in [0.717, 1.165) is 11.5 Å². The zero-order chi connectivity index (χ0) is 28.3. The van der Waals surface area contributed by atoms with Crippen LogP contribution < -0.4 is 10.6 Å². The summed E-state index contributed by atoms with van der Waals surface area (Å²) in [4.78, 5) is 42.9. The molecular weight excluding hydrogens is 550 g/mol. The van der Waals surface area contributed by atoms with Crippen molar-refractivity contribution in [3.63, 3.8) is 0 Å². The summed E-state index contributed by atoms with van der Waals surface area (Å²) in [5.74, 6) is -3.89. The fourth-order valence-corrected chi connectivity index (χ4v) is 5.13. The minimum Gasteiger partial charge on any atom is -0.348 e. The van der Waals surface area contributed by atoms with E-state index in [1.54, 1.807) is 6.92 Å². The first-order valence-corrected chi connectivity index (χ1v) is 12.8. The van der Waals surface area contributed by atoms with Crippen LogP contribution in [0.1, 0.15) is 58.6 Å². The van der Waals surface area contributed by atoms with E-state index < -0.39 is 29.4 Å². The molecule has 9 nitrogen and oxygen atoms in total. The average molecular weight is 571 g/mol. The largest absolute Gasteiger partial charge is 0.348 e. The van der Waals surface area contributed by atoms with Crippen molar-refractivity contribution in [2.45, 2.75) is 32.7 Å². The molecule has 1 atom stereocenters. The number of nitriles is 1. The molecule has 0 spiro atoms. The fraction of sp³-hybridized carbons (Fsp3) is 0.231. The number of imidazole rings is 1. The Morgan fingerprint density at radius 1 is 1.15 bits per heavy atom. The highest BCUT2D eigenvalue weighted by Gasteiger charge is 2.30.